The molecule has 0 aliphatic carbocycles. The predicted molar refractivity (Wildman–Crippen MR) is 104 cm³/mol. The van der Waals surface area contributed by atoms with Crippen LogP contribution in [0.5, 0.6) is 11.5 Å². The molecule has 0 bridgehead atoms. The Bertz CT molecular complexity index is 685. The second-order valence-electron chi connectivity index (χ2n) is 6.90. The number of methoxy groups -OCH3 is 2. The van der Waals surface area contributed by atoms with Crippen LogP contribution in [0, 0.1) is 6.92 Å². The number of nitrogens with zero attached hydrogens (tertiary/aromatic N) is 1. The lowest BCUT2D eigenvalue weighted by Gasteiger charge is -2.32. The first-order chi connectivity index (χ1) is 12.9. The number of aryl methyl sites for hydroxylation is 1. The van der Waals surface area contributed by atoms with Gasteiger partial charge in [-0.2, -0.15) is 0 Å². The molecule has 6 heteroatoms. The molecule has 0 spiro atoms. The standard InChI is InChI=1S/C21H31NO5/c1-6-27-21(24)22-13-16(12-17(25-4)9-7-8-15(22)3)19-14(2)10-11-18(26-5)20(19)23/h9-11,15-16,23H,6-8,12-13H2,1-5H3/b17-9+. The molecule has 2 unspecified atom stereocenters. The first kappa shape index (κ1) is 20.9. The molecule has 1 aliphatic rings. The fourth-order valence-corrected chi connectivity index (χ4v) is 3.64. The molecule has 1 heterocycles. The maximum atomic E-state index is 12.6. The van der Waals surface area contributed by atoms with Crippen LogP contribution in [-0.4, -0.2) is 49.5 Å². The van der Waals surface area contributed by atoms with Gasteiger partial charge in [-0.3, -0.25) is 0 Å². The Morgan fingerprint density at radius 3 is 2.67 bits per heavy atom. The first-order valence-electron chi connectivity index (χ1n) is 9.45. The number of rotatable bonds is 4. The predicted octanol–water partition coefficient (Wildman–Crippen LogP) is 4.35. The number of aromatic hydroxyl groups is 1. The Kier molecular flexibility index (Phi) is 7.39. The molecule has 0 fully saturated rings. The van der Waals surface area contributed by atoms with Crippen molar-refractivity contribution in [1.82, 2.24) is 4.90 Å². The molecule has 27 heavy (non-hydrogen) atoms. The average molecular weight is 377 g/mol. The van der Waals surface area contributed by atoms with Gasteiger partial charge in [-0.1, -0.05) is 6.07 Å². The minimum atomic E-state index is -0.323. The van der Waals surface area contributed by atoms with Crippen LogP contribution >= 0.6 is 0 Å². The van der Waals surface area contributed by atoms with Gasteiger partial charge in [0.25, 0.3) is 0 Å². The zero-order valence-electron chi connectivity index (χ0n) is 16.9. The lowest BCUT2D eigenvalue weighted by atomic mass is 9.89. The highest BCUT2D eigenvalue weighted by Crippen LogP contribution is 2.40. The van der Waals surface area contributed by atoms with E-state index in [1.807, 2.05) is 19.9 Å². The molecule has 1 aromatic rings. The fraction of sp³-hybridized carbons (Fsp3) is 0.571. The second-order valence-corrected chi connectivity index (χ2v) is 6.90. The summed E-state index contributed by atoms with van der Waals surface area (Å²) in [6, 6.07) is 3.70. The highest BCUT2D eigenvalue weighted by Gasteiger charge is 2.30. The molecule has 2 rings (SSSR count). The third-order valence-corrected chi connectivity index (χ3v) is 5.14. The van der Waals surface area contributed by atoms with Gasteiger partial charge >= 0.3 is 6.09 Å². The molecular weight excluding hydrogens is 346 g/mol. The van der Waals surface area contributed by atoms with Crippen molar-refractivity contribution in [3.05, 3.63) is 35.1 Å². The number of amides is 1. The number of allylic oxidation sites excluding steroid dienone is 2. The highest BCUT2D eigenvalue weighted by atomic mass is 16.6. The first-order valence-corrected chi connectivity index (χ1v) is 9.45. The number of carbonyl (C=O) groups is 1. The van der Waals surface area contributed by atoms with E-state index in [0.29, 0.717) is 25.3 Å². The largest absolute Gasteiger partial charge is 0.504 e. The summed E-state index contributed by atoms with van der Waals surface area (Å²) < 4.78 is 16.1. The molecule has 0 saturated heterocycles. The van der Waals surface area contributed by atoms with Gasteiger partial charge in [0.1, 0.15) is 0 Å². The van der Waals surface area contributed by atoms with Crippen molar-refractivity contribution in [1.29, 1.82) is 0 Å². The Morgan fingerprint density at radius 1 is 1.30 bits per heavy atom. The molecule has 0 aromatic heterocycles. The van der Waals surface area contributed by atoms with E-state index in [9.17, 15) is 9.90 Å². The monoisotopic (exact) mass is 377 g/mol. The van der Waals surface area contributed by atoms with Crippen molar-refractivity contribution in [2.75, 3.05) is 27.4 Å². The van der Waals surface area contributed by atoms with E-state index in [1.54, 1.807) is 25.0 Å². The molecule has 2 atom stereocenters. The number of hydrogen-bond acceptors (Lipinski definition) is 5. The summed E-state index contributed by atoms with van der Waals surface area (Å²) in [5.74, 6) is 1.26. The van der Waals surface area contributed by atoms with E-state index >= 15 is 0 Å². The van der Waals surface area contributed by atoms with Crippen molar-refractivity contribution >= 4 is 6.09 Å². The summed E-state index contributed by atoms with van der Waals surface area (Å²) in [5.41, 5.74) is 1.73. The SMILES string of the molecule is CCOC(=O)N1CC(c2c(C)ccc(OC)c2O)C/C(OC)=C\CCC1C. The Labute approximate surface area is 161 Å². The highest BCUT2D eigenvalue weighted by molar-refractivity contribution is 5.68. The molecule has 0 saturated carbocycles. The summed E-state index contributed by atoms with van der Waals surface area (Å²) >= 11 is 0. The minimum absolute atomic E-state index is 0.0204. The van der Waals surface area contributed by atoms with Crippen LogP contribution < -0.4 is 4.74 Å². The van der Waals surface area contributed by atoms with Gasteiger partial charge in [-0.15, -0.1) is 0 Å². The van der Waals surface area contributed by atoms with Gasteiger partial charge in [-0.25, -0.2) is 4.79 Å². The van der Waals surface area contributed by atoms with Crippen LogP contribution in [0.15, 0.2) is 24.0 Å². The van der Waals surface area contributed by atoms with Crippen LogP contribution in [-0.2, 0) is 9.47 Å². The number of ether oxygens (including phenoxy) is 3. The Balaban J connectivity index is 2.49. The number of hydrogen-bond donors (Lipinski definition) is 1. The van der Waals surface area contributed by atoms with E-state index in [4.69, 9.17) is 14.2 Å². The van der Waals surface area contributed by atoms with E-state index in [2.05, 4.69) is 6.08 Å². The zero-order valence-corrected chi connectivity index (χ0v) is 16.9. The summed E-state index contributed by atoms with van der Waals surface area (Å²) in [4.78, 5) is 14.3. The average Bonchev–Trinajstić information content (AvgIpc) is 2.71. The normalized spacial score (nSPS) is 22.7. The number of phenols is 1. The van der Waals surface area contributed by atoms with Gasteiger partial charge in [0.2, 0.25) is 0 Å². The third-order valence-electron chi connectivity index (χ3n) is 5.14. The van der Waals surface area contributed by atoms with E-state index < -0.39 is 0 Å². The zero-order chi connectivity index (χ0) is 20.0. The van der Waals surface area contributed by atoms with E-state index in [-0.39, 0.29) is 23.8 Å². The quantitative estimate of drug-likeness (QED) is 0.845. The van der Waals surface area contributed by atoms with Crippen LogP contribution in [0.1, 0.15) is 50.2 Å². The van der Waals surface area contributed by atoms with Crippen molar-refractivity contribution in [3.63, 3.8) is 0 Å². The summed E-state index contributed by atoms with van der Waals surface area (Å²) in [7, 11) is 3.19. The number of carbonyl (C=O) groups excluding carboxylic acids is 1. The van der Waals surface area contributed by atoms with Crippen LogP contribution in [0.3, 0.4) is 0 Å². The van der Waals surface area contributed by atoms with Crippen molar-refractivity contribution < 1.29 is 24.1 Å². The fourth-order valence-electron chi connectivity index (χ4n) is 3.64. The van der Waals surface area contributed by atoms with Gasteiger partial charge < -0.3 is 24.2 Å². The summed E-state index contributed by atoms with van der Waals surface area (Å²) in [6.07, 6.45) is 3.97. The topological polar surface area (TPSA) is 68.2 Å². The lowest BCUT2D eigenvalue weighted by Crippen LogP contribution is -2.41. The summed E-state index contributed by atoms with van der Waals surface area (Å²) in [5, 5.41) is 10.8. The van der Waals surface area contributed by atoms with Gasteiger partial charge in [0.15, 0.2) is 11.5 Å². The smallest absolute Gasteiger partial charge is 0.410 e. The molecular formula is C21H31NO5. The van der Waals surface area contributed by atoms with Gasteiger partial charge in [0.05, 0.1) is 26.6 Å². The van der Waals surface area contributed by atoms with Crippen molar-refractivity contribution in [2.24, 2.45) is 0 Å². The van der Waals surface area contributed by atoms with Gasteiger partial charge in [0, 0.05) is 30.5 Å². The molecule has 150 valence electrons. The Hall–Kier alpha value is -2.37. The van der Waals surface area contributed by atoms with Crippen LogP contribution in [0.25, 0.3) is 0 Å². The molecule has 6 nitrogen and oxygen atoms in total. The number of benzene rings is 1. The van der Waals surface area contributed by atoms with Gasteiger partial charge in [-0.05, 0) is 51.3 Å². The van der Waals surface area contributed by atoms with Crippen molar-refractivity contribution in [2.45, 2.75) is 52.0 Å². The lowest BCUT2D eigenvalue weighted by molar-refractivity contribution is 0.0880. The maximum Gasteiger partial charge on any atom is 0.410 e. The number of phenolic OH excluding ortho intramolecular Hbond substituents is 1. The molecule has 1 amide bonds. The van der Waals surface area contributed by atoms with Crippen molar-refractivity contribution in [3.8, 4) is 11.5 Å². The summed E-state index contributed by atoms with van der Waals surface area (Å²) in [6.45, 7) is 6.55. The third kappa shape index (κ3) is 4.87. The van der Waals surface area contributed by atoms with Crippen LogP contribution in [0.4, 0.5) is 4.79 Å². The molecule has 0 radical (unpaired) electrons. The minimum Gasteiger partial charge on any atom is -0.504 e. The van der Waals surface area contributed by atoms with E-state index in [1.165, 1.54) is 7.11 Å². The molecule has 1 aliphatic heterocycles. The van der Waals surface area contributed by atoms with E-state index in [0.717, 1.165) is 29.7 Å². The Morgan fingerprint density at radius 2 is 2.04 bits per heavy atom. The molecule has 1 N–H and O–H groups in total. The molecule has 1 aromatic carbocycles. The maximum absolute atomic E-state index is 12.6. The second kappa shape index (κ2) is 9.53. The van der Waals surface area contributed by atoms with Crippen LogP contribution in [0.2, 0.25) is 0 Å².